The molecular weight excluding hydrogens is 550 g/mol. The number of hydrogen-bond acceptors (Lipinski definition) is 6. The van der Waals surface area contributed by atoms with Gasteiger partial charge in [0.1, 0.15) is 22.9 Å². The molecule has 0 saturated carbocycles. The maximum Gasteiger partial charge on any atom is 0.250 e. The highest BCUT2D eigenvalue weighted by atomic mass is 35.5. The van der Waals surface area contributed by atoms with Gasteiger partial charge in [-0.1, -0.05) is 30.3 Å². The molecule has 41 heavy (non-hydrogen) atoms. The first kappa shape index (κ1) is 27.3. The van der Waals surface area contributed by atoms with Crippen LogP contribution in [-0.4, -0.2) is 20.4 Å². The molecule has 0 aliphatic heterocycles. The van der Waals surface area contributed by atoms with Gasteiger partial charge < -0.3 is 20.4 Å². The molecule has 0 atom stereocenters. The van der Waals surface area contributed by atoms with Crippen LogP contribution in [0.3, 0.4) is 0 Å². The highest BCUT2D eigenvalue weighted by Crippen LogP contribution is 2.45. The van der Waals surface area contributed by atoms with E-state index >= 15 is 8.78 Å². The third kappa shape index (κ3) is 5.06. The van der Waals surface area contributed by atoms with E-state index < -0.39 is 17.5 Å². The number of amides is 1. The molecule has 3 aromatic heterocycles. The lowest BCUT2D eigenvalue weighted by atomic mass is 9.97. The Morgan fingerprint density at radius 1 is 1.17 bits per heavy atom. The minimum Gasteiger partial charge on any atom is -0.436 e. The van der Waals surface area contributed by atoms with Crippen molar-refractivity contribution in [2.75, 3.05) is 11.1 Å². The number of aromatic nitrogens is 3. The fourth-order valence-electron chi connectivity index (χ4n) is 4.51. The Kier molecular flexibility index (Phi) is 7.13. The average Bonchev–Trinajstić information content (AvgIpc) is 3.24. The predicted molar refractivity (Wildman–Crippen MR) is 153 cm³/mol. The zero-order chi connectivity index (χ0) is 29.4. The van der Waals surface area contributed by atoms with Crippen LogP contribution in [-0.2, 0) is 11.8 Å². The molecule has 0 saturated heterocycles. The van der Waals surface area contributed by atoms with E-state index in [0.717, 1.165) is 0 Å². The van der Waals surface area contributed by atoms with Gasteiger partial charge in [0.05, 0.1) is 22.2 Å². The van der Waals surface area contributed by atoms with E-state index in [0.29, 0.717) is 27.7 Å². The van der Waals surface area contributed by atoms with Gasteiger partial charge in [-0.3, -0.25) is 4.79 Å². The lowest BCUT2D eigenvalue weighted by Crippen LogP contribution is -2.12. The number of halogens is 3. The van der Waals surface area contributed by atoms with Crippen LogP contribution in [0.25, 0.3) is 33.3 Å². The second kappa shape index (κ2) is 10.7. The van der Waals surface area contributed by atoms with Crippen molar-refractivity contribution in [2.24, 2.45) is 7.05 Å². The number of ether oxygens (including phenoxy) is 1. The summed E-state index contributed by atoms with van der Waals surface area (Å²) in [7, 11) is 1.65. The number of aryl methyl sites for hydroxylation is 1. The quantitative estimate of drug-likeness (QED) is 0.168. The van der Waals surface area contributed by atoms with Crippen LogP contribution in [0, 0.1) is 23.0 Å². The summed E-state index contributed by atoms with van der Waals surface area (Å²) in [5.74, 6) is -1.79. The van der Waals surface area contributed by atoms with Crippen LogP contribution in [0.4, 0.5) is 20.3 Å². The molecule has 5 aromatic rings. The number of fused-ring (bicyclic) bond motifs is 1. The van der Waals surface area contributed by atoms with E-state index in [1.807, 2.05) is 0 Å². The summed E-state index contributed by atoms with van der Waals surface area (Å²) in [5, 5.41) is 12.9. The Morgan fingerprint density at radius 3 is 2.61 bits per heavy atom. The Morgan fingerprint density at radius 2 is 1.95 bits per heavy atom. The monoisotopic (exact) mass is 570 g/mol. The van der Waals surface area contributed by atoms with Crippen LogP contribution in [0.2, 0.25) is 5.15 Å². The molecule has 0 unspecified atom stereocenters. The van der Waals surface area contributed by atoms with Crippen molar-refractivity contribution in [3.63, 3.8) is 0 Å². The SMILES string of the molecule is C=C(C)C(=O)Nc1ccc(-c2c(-c3ccc(Oc4cccc(Cl)n4)c(F)c3)c3c(N)ncc(C#N)c3n2C)c(F)c1. The number of nitriles is 1. The van der Waals surface area contributed by atoms with Gasteiger partial charge in [-0.15, -0.1) is 0 Å². The minimum atomic E-state index is -0.728. The lowest BCUT2D eigenvalue weighted by Gasteiger charge is -2.13. The number of rotatable bonds is 6. The molecule has 1 amide bonds. The number of nitrogens with one attached hydrogen (secondary N) is 1. The van der Waals surface area contributed by atoms with Crippen LogP contribution < -0.4 is 15.8 Å². The average molecular weight is 571 g/mol. The van der Waals surface area contributed by atoms with Crippen LogP contribution in [0.1, 0.15) is 12.5 Å². The predicted octanol–water partition coefficient (Wildman–Crippen LogP) is 6.99. The Labute approximate surface area is 238 Å². The molecule has 11 heteroatoms. The second-order valence-electron chi connectivity index (χ2n) is 9.15. The molecule has 3 heterocycles. The summed E-state index contributed by atoms with van der Waals surface area (Å²) in [6, 6.07) is 15.2. The van der Waals surface area contributed by atoms with Gasteiger partial charge in [0.25, 0.3) is 5.91 Å². The Hall–Kier alpha value is -5.27. The number of carbonyl (C=O) groups excluding carboxylic acids is 1. The Balaban J connectivity index is 1.71. The molecule has 0 aliphatic rings. The van der Waals surface area contributed by atoms with Crippen LogP contribution >= 0.6 is 11.6 Å². The number of benzene rings is 2. The number of anilines is 2. The third-order valence-electron chi connectivity index (χ3n) is 6.35. The minimum absolute atomic E-state index is 0.0745. The van der Waals surface area contributed by atoms with E-state index in [1.54, 1.807) is 29.8 Å². The molecule has 3 N–H and O–H groups in total. The summed E-state index contributed by atoms with van der Waals surface area (Å²) in [5.41, 5.74) is 8.49. The van der Waals surface area contributed by atoms with Crippen molar-refractivity contribution in [1.82, 2.24) is 14.5 Å². The maximum absolute atomic E-state index is 15.7. The molecule has 2 aromatic carbocycles. The molecule has 204 valence electrons. The summed E-state index contributed by atoms with van der Waals surface area (Å²) in [6.07, 6.45) is 1.33. The fourth-order valence-corrected chi connectivity index (χ4v) is 4.66. The van der Waals surface area contributed by atoms with Crippen molar-refractivity contribution in [3.8, 4) is 40.1 Å². The standard InChI is InChI=1S/C30H21ClF2N6O2/c1-15(2)30(40)37-18-8-9-19(20(32)12-18)28-25(26-27(39(28)3)17(13-34)14-36-29(26)35)16-7-10-22(21(33)11-16)41-24-6-4-5-23(31)38-24/h4-12,14H,1H2,2-3H3,(H2,35,36)(H,37,40). The molecule has 0 bridgehead atoms. The molecule has 0 aliphatic carbocycles. The van der Waals surface area contributed by atoms with Crippen molar-refractivity contribution in [2.45, 2.75) is 6.92 Å². The summed E-state index contributed by atoms with van der Waals surface area (Å²) >= 11 is 5.91. The van der Waals surface area contributed by atoms with Crippen molar-refractivity contribution >= 4 is 39.9 Å². The van der Waals surface area contributed by atoms with Crippen molar-refractivity contribution < 1.29 is 18.3 Å². The third-order valence-corrected chi connectivity index (χ3v) is 6.56. The first-order valence-electron chi connectivity index (χ1n) is 12.1. The van der Waals surface area contributed by atoms with Crippen LogP contribution in [0.15, 0.2) is 72.9 Å². The van der Waals surface area contributed by atoms with Gasteiger partial charge in [-0.2, -0.15) is 5.26 Å². The highest BCUT2D eigenvalue weighted by molar-refractivity contribution is 6.29. The maximum atomic E-state index is 15.7. The van der Waals surface area contributed by atoms with Gasteiger partial charge in [0, 0.05) is 41.7 Å². The highest BCUT2D eigenvalue weighted by Gasteiger charge is 2.26. The van der Waals surface area contributed by atoms with Crippen molar-refractivity contribution in [1.29, 1.82) is 5.26 Å². The lowest BCUT2D eigenvalue weighted by molar-refractivity contribution is -0.112. The second-order valence-corrected chi connectivity index (χ2v) is 9.54. The number of hydrogen-bond donors (Lipinski definition) is 2. The summed E-state index contributed by atoms with van der Waals surface area (Å²) in [4.78, 5) is 20.2. The first-order chi connectivity index (χ1) is 19.6. The number of nitrogens with two attached hydrogens (primary N) is 1. The largest absolute Gasteiger partial charge is 0.436 e. The first-order valence-corrected chi connectivity index (χ1v) is 12.5. The van der Waals surface area contributed by atoms with E-state index in [1.165, 1.54) is 49.5 Å². The van der Waals surface area contributed by atoms with Gasteiger partial charge in [0.15, 0.2) is 11.6 Å². The summed E-state index contributed by atoms with van der Waals surface area (Å²) < 4.78 is 38.3. The van der Waals surface area contributed by atoms with Gasteiger partial charge in [-0.05, 0) is 48.9 Å². The smallest absolute Gasteiger partial charge is 0.250 e. The molecular formula is C30H21ClF2N6O2. The van der Waals surface area contributed by atoms with E-state index in [2.05, 4.69) is 27.9 Å². The fraction of sp³-hybridized carbons (Fsp3) is 0.0667. The number of nitrogen functional groups attached to an aromatic ring is 1. The molecule has 0 radical (unpaired) electrons. The zero-order valence-electron chi connectivity index (χ0n) is 21.8. The molecule has 0 spiro atoms. The Bertz CT molecular complexity index is 1930. The normalized spacial score (nSPS) is 10.8. The van der Waals surface area contributed by atoms with Gasteiger partial charge in [0.2, 0.25) is 5.88 Å². The molecule has 8 nitrogen and oxygen atoms in total. The molecule has 0 fully saturated rings. The zero-order valence-corrected chi connectivity index (χ0v) is 22.6. The van der Waals surface area contributed by atoms with Crippen LogP contribution in [0.5, 0.6) is 11.6 Å². The van der Waals surface area contributed by atoms with Crippen molar-refractivity contribution in [3.05, 3.63) is 95.3 Å². The van der Waals surface area contributed by atoms with Gasteiger partial charge >= 0.3 is 0 Å². The number of nitrogens with zero attached hydrogens (tertiary/aromatic N) is 4. The number of pyridine rings is 2. The molecule has 5 rings (SSSR count). The van der Waals surface area contributed by atoms with E-state index in [-0.39, 0.29) is 45.0 Å². The van der Waals surface area contributed by atoms with Gasteiger partial charge in [-0.25, -0.2) is 18.7 Å². The topological polar surface area (TPSA) is 119 Å². The van der Waals surface area contributed by atoms with E-state index in [9.17, 15) is 10.1 Å². The van der Waals surface area contributed by atoms with E-state index in [4.69, 9.17) is 22.1 Å². The number of carbonyl (C=O) groups is 1. The summed E-state index contributed by atoms with van der Waals surface area (Å²) in [6.45, 7) is 5.12.